The van der Waals surface area contributed by atoms with Gasteiger partial charge in [0.15, 0.2) is 5.76 Å². The fourth-order valence-electron chi connectivity index (χ4n) is 4.00. The molecular formula is C26H22N2O3. The van der Waals surface area contributed by atoms with Crippen molar-refractivity contribution in [3.63, 3.8) is 0 Å². The number of carbonyl (C=O) groups excluding carboxylic acids is 1. The second-order valence-corrected chi connectivity index (χ2v) is 7.84. The quantitative estimate of drug-likeness (QED) is 0.388. The van der Waals surface area contributed by atoms with Crippen LogP contribution in [0.15, 0.2) is 77.3 Å². The molecule has 1 aliphatic carbocycles. The molecule has 2 heterocycles. The minimum absolute atomic E-state index is 0.0471. The van der Waals surface area contributed by atoms with E-state index < -0.39 is 0 Å². The summed E-state index contributed by atoms with van der Waals surface area (Å²) in [7, 11) is 0. The van der Waals surface area contributed by atoms with Gasteiger partial charge in [0.2, 0.25) is 5.78 Å². The SMILES string of the molecule is Cc1cccc(-c2cnc(C(=O)C3CCc4cc(Oc5ccccc5)ccc4C3)o2)n1. The largest absolute Gasteiger partial charge is 0.457 e. The fourth-order valence-corrected chi connectivity index (χ4v) is 4.00. The highest BCUT2D eigenvalue weighted by Crippen LogP contribution is 2.32. The van der Waals surface area contributed by atoms with Crippen LogP contribution in [0.25, 0.3) is 11.5 Å². The summed E-state index contributed by atoms with van der Waals surface area (Å²) in [5.41, 5.74) is 3.99. The van der Waals surface area contributed by atoms with Crippen molar-refractivity contribution in [2.45, 2.75) is 26.2 Å². The minimum atomic E-state index is -0.134. The lowest BCUT2D eigenvalue weighted by molar-refractivity contribution is 0.0873. The number of nitrogens with zero attached hydrogens (tertiary/aromatic N) is 2. The Morgan fingerprint density at radius 2 is 1.87 bits per heavy atom. The van der Waals surface area contributed by atoms with E-state index in [0.29, 0.717) is 17.9 Å². The number of rotatable bonds is 5. The first-order chi connectivity index (χ1) is 15.2. The molecule has 1 atom stereocenters. The standard InChI is InChI=1S/C26H22N2O3/c1-17-6-5-9-23(28-17)24-16-27-26(31-24)25(29)20-11-10-19-15-22(13-12-18(19)14-20)30-21-7-3-2-4-8-21/h2-9,12-13,15-16,20H,10-11,14H2,1H3. The minimum Gasteiger partial charge on any atom is -0.457 e. The summed E-state index contributed by atoms with van der Waals surface area (Å²) in [5.74, 6) is 2.13. The number of ketones is 1. The molecule has 31 heavy (non-hydrogen) atoms. The Hall–Kier alpha value is -3.73. The van der Waals surface area contributed by atoms with Crippen LogP contribution in [0.5, 0.6) is 11.5 Å². The molecule has 4 aromatic rings. The molecule has 0 radical (unpaired) electrons. The van der Waals surface area contributed by atoms with Gasteiger partial charge in [-0.3, -0.25) is 4.79 Å². The first-order valence-corrected chi connectivity index (χ1v) is 10.4. The van der Waals surface area contributed by atoms with Crippen molar-refractivity contribution in [2.24, 2.45) is 5.92 Å². The van der Waals surface area contributed by atoms with Gasteiger partial charge in [0.1, 0.15) is 17.2 Å². The zero-order chi connectivity index (χ0) is 21.2. The van der Waals surface area contributed by atoms with Crippen molar-refractivity contribution in [3.05, 3.63) is 95.6 Å². The lowest BCUT2D eigenvalue weighted by Crippen LogP contribution is -2.23. The van der Waals surface area contributed by atoms with Crippen molar-refractivity contribution in [1.29, 1.82) is 0 Å². The Kier molecular flexibility index (Phi) is 5.08. The molecule has 1 unspecified atom stereocenters. The van der Waals surface area contributed by atoms with Gasteiger partial charge in [-0.1, -0.05) is 30.3 Å². The van der Waals surface area contributed by atoms with Crippen LogP contribution in [0.4, 0.5) is 0 Å². The number of Topliss-reactive ketones (excluding diaryl/α,β-unsaturated/α-hetero) is 1. The molecule has 2 aromatic carbocycles. The summed E-state index contributed by atoms with van der Waals surface area (Å²) in [6.07, 6.45) is 3.85. The summed E-state index contributed by atoms with van der Waals surface area (Å²) < 4.78 is 11.7. The Balaban J connectivity index is 1.30. The van der Waals surface area contributed by atoms with Crippen LogP contribution in [0, 0.1) is 12.8 Å². The molecule has 2 aromatic heterocycles. The third kappa shape index (κ3) is 4.12. The normalized spacial score (nSPS) is 15.3. The molecule has 0 amide bonds. The van der Waals surface area contributed by atoms with E-state index in [-0.39, 0.29) is 17.6 Å². The Morgan fingerprint density at radius 3 is 2.71 bits per heavy atom. The van der Waals surface area contributed by atoms with E-state index >= 15 is 0 Å². The van der Waals surface area contributed by atoms with Crippen LogP contribution < -0.4 is 4.74 Å². The number of oxazole rings is 1. The van der Waals surface area contributed by atoms with E-state index in [4.69, 9.17) is 9.15 Å². The molecular weight excluding hydrogens is 388 g/mol. The van der Waals surface area contributed by atoms with Crippen molar-refractivity contribution < 1.29 is 13.9 Å². The van der Waals surface area contributed by atoms with Gasteiger partial charge < -0.3 is 9.15 Å². The van der Waals surface area contributed by atoms with Gasteiger partial charge in [-0.25, -0.2) is 9.97 Å². The van der Waals surface area contributed by atoms with Crippen LogP contribution in [0.3, 0.4) is 0 Å². The van der Waals surface area contributed by atoms with E-state index in [1.54, 1.807) is 6.20 Å². The molecule has 0 aliphatic heterocycles. The smallest absolute Gasteiger partial charge is 0.264 e. The average molecular weight is 410 g/mol. The lowest BCUT2D eigenvalue weighted by Gasteiger charge is -2.23. The van der Waals surface area contributed by atoms with Gasteiger partial charge in [-0.15, -0.1) is 0 Å². The first kappa shape index (κ1) is 19.2. The number of hydrogen-bond acceptors (Lipinski definition) is 5. The lowest BCUT2D eigenvalue weighted by atomic mass is 9.81. The summed E-state index contributed by atoms with van der Waals surface area (Å²) in [5, 5.41) is 0. The van der Waals surface area contributed by atoms with E-state index in [1.807, 2.05) is 61.5 Å². The molecule has 0 N–H and O–H groups in total. The zero-order valence-corrected chi connectivity index (χ0v) is 17.2. The number of ether oxygens (including phenoxy) is 1. The first-order valence-electron chi connectivity index (χ1n) is 10.4. The highest BCUT2D eigenvalue weighted by molar-refractivity contribution is 5.94. The maximum absolute atomic E-state index is 13.0. The number of aromatic nitrogens is 2. The Morgan fingerprint density at radius 1 is 1.00 bits per heavy atom. The van der Waals surface area contributed by atoms with Gasteiger partial charge in [0, 0.05) is 11.6 Å². The highest BCUT2D eigenvalue weighted by atomic mass is 16.5. The van der Waals surface area contributed by atoms with Crippen molar-refractivity contribution in [2.75, 3.05) is 0 Å². The zero-order valence-electron chi connectivity index (χ0n) is 17.2. The molecule has 0 spiro atoms. The number of fused-ring (bicyclic) bond motifs is 1. The molecule has 0 bridgehead atoms. The topological polar surface area (TPSA) is 65.2 Å². The number of hydrogen-bond donors (Lipinski definition) is 0. The molecule has 1 aliphatic rings. The predicted octanol–water partition coefficient (Wildman–Crippen LogP) is 5.83. The van der Waals surface area contributed by atoms with E-state index in [1.165, 1.54) is 11.1 Å². The fraction of sp³-hybridized carbons (Fsp3) is 0.192. The van der Waals surface area contributed by atoms with Crippen molar-refractivity contribution >= 4 is 5.78 Å². The van der Waals surface area contributed by atoms with Crippen LogP contribution >= 0.6 is 0 Å². The highest BCUT2D eigenvalue weighted by Gasteiger charge is 2.29. The van der Waals surface area contributed by atoms with E-state index in [9.17, 15) is 4.79 Å². The van der Waals surface area contributed by atoms with Gasteiger partial charge in [0.05, 0.1) is 6.20 Å². The van der Waals surface area contributed by atoms with Gasteiger partial charge in [-0.05, 0) is 73.7 Å². The van der Waals surface area contributed by atoms with E-state index in [2.05, 4.69) is 22.1 Å². The maximum atomic E-state index is 13.0. The summed E-state index contributed by atoms with van der Waals surface area (Å²) >= 11 is 0. The van der Waals surface area contributed by atoms with E-state index in [0.717, 1.165) is 30.0 Å². The van der Waals surface area contributed by atoms with Gasteiger partial charge in [0.25, 0.3) is 5.89 Å². The third-order valence-electron chi connectivity index (χ3n) is 5.61. The predicted molar refractivity (Wildman–Crippen MR) is 117 cm³/mol. The monoisotopic (exact) mass is 410 g/mol. The number of benzene rings is 2. The van der Waals surface area contributed by atoms with Crippen LogP contribution in [-0.4, -0.2) is 15.8 Å². The molecule has 154 valence electrons. The van der Waals surface area contributed by atoms with Crippen molar-refractivity contribution in [3.8, 4) is 23.0 Å². The Labute approximate surface area is 180 Å². The number of aryl methyl sites for hydroxylation is 2. The molecule has 5 rings (SSSR count). The summed E-state index contributed by atoms with van der Waals surface area (Å²) in [4.78, 5) is 21.7. The van der Waals surface area contributed by atoms with Gasteiger partial charge in [-0.2, -0.15) is 0 Å². The summed E-state index contributed by atoms with van der Waals surface area (Å²) in [6, 6.07) is 21.5. The second kappa shape index (κ2) is 8.19. The van der Waals surface area contributed by atoms with Crippen LogP contribution in [-0.2, 0) is 12.8 Å². The van der Waals surface area contributed by atoms with Crippen LogP contribution in [0.2, 0.25) is 0 Å². The second-order valence-electron chi connectivity index (χ2n) is 7.84. The van der Waals surface area contributed by atoms with Gasteiger partial charge >= 0.3 is 0 Å². The molecule has 5 nitrogen and oxygen atoms in total. The molecule has 0 saturated carbocycles. The average Bonchev–Trinajstić information content (AvgIpc) is 3.29. The number of para-hydroxylation sites is 1. The molecule has 0 saturated heterocycles. The Bertz CT molecular complexity index is 1230. The molecule has 5 heteroatoms. The molecule has 0 fully saturated rings. The maximum Gasteiger partial charge on any atom is 0.264 e. The van der Waals surface area contributed by atoms with Crippen molar-refractivity contribution in [1.82, 2.24) is 9.97 Å². The van der Waals surface area contributed by atoms with Crippen LogP contribution in [0.1, 0.15) is 33.9 Å². The number of pyridine rings is 1. The third-order valence-corrected chi connectivity index (χ3v) is 5.61. The number of carbonyl (C=O) groups is 1. The summed E-state index contributed by atoms with van der Waals surface area (Å²) in [6.45, 7) is 1.92.